The van der Waals surface area contributed by atoms with E-state index in [1.165, 1.54) is 28.0 Å². The molecule has 0 aliphatic rings. The summed E-state index contributed by atoms with van der Waals surface area (Å²) in [6.45, 7) is 0.685. The van der Waals surface area contributed by atoms with Crippen molar-refractivity contribution in [2.24, 2.45) is 0 Å². The molecule has 0 atom stereocenters. The van der Waals surface area contributed by atoms with Crippen molar-refractivity contribution in [1.29, 1.82) is 0 Å². The van der Waals surface area contributed by atoms with Crippen molar-refractivity contribution in [1.82, 2.24) is 10.3 Å². The Hall–Kier alpha value is -1.05. The molecule has 0 bridgehead atoms. The van der Waals surface area contributed by atoms with Crippen LogP contribution in [0.1, 0.15) is 4.88 Å². The van der Waals surface area contributed by atoms with Gasteiger partial charge in [-0.3, -0.25) is 4.79 Å². The fraction of sp³-hybridized carbons (Fsp3) is 0.273. The van der Waals surface area contributed by atoms with Crippen LogP contribution in [0.4, 0.5) is 5.13 Å². The first kappa shape index (κ1) is 13.4. The van der Waals surface area contributed by atoms with Gasteiger partial charge in [-0.1, -0.05) is 17.4 Å². The summed E-state index contributed by atoms with van der Waals surface area (Å²) in [5, 5.41) is 5.48. The first-order chi connectivity index (χ1) is 8.74. The number of amides is 1. The maximum Gasteiger partial charge on any atom is 0.230 e. The number of rotatable bonds is 6. The van der Waals surface area contributed by atoms with Gasteiger partial charge < -0.3 is 11.1 Å². The highest BCUT2D eigenvalue weighted by Crippen LogP contribution is 2.25. The summed E-state index contributed by atoms with van der Waals surface area (Å²) in [4.78, 5) is 16.8. The molecule has 0 unspecified atom stereocenters. The Labute approximate surface area is 118 Å². The van der Waals surface area contributed by atoms with Gasteiger partial charge in [-0.25, -0.2) is 4.98 Å². The maximum atomic E-state index is 11.6. The number of carbonyl (C=O) groups excluding carboxylic acids is 1. The summed E-state index contributed by atoms with van der Waals surface area (Å²) in [6.07, 6.45) is 2.59. The summed E-state index contributed by atoms with van der Waals surface area (Å²) < 4.78 is 0.973. The number of nitrogens with two attached hydrogens (primary N) is 1. The number of hydrogen-bond donors (Lipinski definition) is 2. The van der Waals surface area contributed by atoms with Crippen molar-refractivity contribution in [2.45, 2.75) is 10.6 Å². The molecule has 0 aliphatic heterocycles. The number of thiazole rings is 1. The Kier molecular flexibility index (Phi) is 5.03. The van der Waals surface area contributed by atoms with Crippen LogP contribution in [0.3, 0.4) is 0 Å². The van der Waals surface area contributed by atoms with Crippen LogP contribution in [-0.2, 0) is 11.2 Å². The molecule has 7 heteroatoms. The SMILES string of the molecule is Nc1ncc(SCC(=O)NCCc2cccs2)s1. The first-order valence-electron chi connectivity index (χ1n) is 5.37. The first-order valence-corrected chi connectivity index (χ1v) is 8.05. The van der Waals surface area contributed by atoms with E-state index >= 15 is 0 Å². The Morgan fingerprint density at radius 2 is 2.44 bits per heavy atom. The van der Waals surface area contributed by atoms with Crippen molar-refractivity contribution in [2.75, 3.05) is 18.0 Å². The minimum atomic E-state index is 0.0449. The lowest BCUT2D eigenvalue weighted by Gasteiger charge is -2.02. The summed E-state index contributed by atoms with van der Waals surface area (Å²) in [7, 11) is 0. The van der Waals surface area contributed by atoms with E-state index in [1.54, 1.807) is 17.5 Å². The van der Waals surface area contributed by atoms with Gasteiger partial charge >= 0.3 is 0 Å². The molecule has 1 amide bonds. The quantitative estimate of drug-likeness (QED) is 0.803. The minimum absolute atomic E-state index is 0.0449. The largest absolute Gasteiger partial charge is 0.375 e. The molecule has 0 aliphatic carbocycles. The van der Waals surface area contributed by atoms with E-state index in [2.05, 4.69) is 16.4 Å². The number of thioether (sulfide) groups is 1. The molecular weight excluding hydrogens is 286 g/mol. The van der Waals surface area contributed by atoms with Gasteiger partial charge in [0.15, 0.2) is 5.13 Å². The predicted molar refractivity (Wildman–Crippen MR) is 78.3 cm³/mol. The average Bonchev–Trinajstić information content (AvgIpc) is 2.98. The standard InChI is InChI=1S/C11H13N3OS3/c12-11-14-6-10(18-11)17-7-9(15)13-4-3-8-2-1-5-16-8/h1-2,5-6H,3-4,7H2,(H2,12,14)(H,13,15). The van der Waals surface area contributed by atoms with E-state index in [9.17, 15) is 4.79 Å². The number of nitrogen functional groups attached to an aromatic ring is 1. The third kappa shape index (κ3) is 4.32. The van der Waals surface area contributed by atoms with Gasteiger partial charge in [0.05, 0.1) is 16.2 Å². The second-order valence-electron chi connectivity index (χ2n) is 3.49. The number of hydrogen-bond acceptors (Lipinski definition) is 6. The highest BCUT2D eigenvalue weighted by Gasteiger charge is 2.05. The maximum absolute atomic E-state index is 11.6. The zero-order valence-corrected chi connectivity index (χ0v) is 12.0. The Balaban J connectivity index is 1.63. The van der Waals surface area contributed by atoms with E-state index in [4.69, 9.17) is 5.73 Å². The van der Waals surface area contributed by atoms with Gasteiger partial charge in [-0.2, -0.15) is 0 Å². The van der Waals surface area contributed by atoms with Crippen molar-refractivity contribution in [3.8, 4) is 0 Å². The van der Waals surface area contributed by atoms with Gasteiger partial charge in [0.25, 0.3) is 0 Å². The normalized spacial score (nSPS) is 10.4. The zero-order valence-electron chi connectivity index (χ0n) is 9.59. The van der Waals surface area contributed by atoms with Crippen LogP contribution >= 0.6 is 34.4 Å². The molecule has 18 heavy (non-hydrogen) atoms. The van der Waals surface area contributed by atoms with Crippen LogP contribution < -0.4 is 11.1 Å². The molecule has 2 rings (SSSR count). The smallest absolute Gasteiger partial charge is 0.230 e. The van der Waals surface area contributed by atoms with Crippen LogP contribution in [0.25, 0.3) is 0 Å². The van der Waals surface area contributed by atoms with E-state index < -0.39 is 0 Å². The third-order valence-corrected chi connectivity index (χ3v) is 5.08. The molecular formula is C11H13N3OS3. The molecule has 2 aromatic rings. The molecule has 0 saturated carbocycles. The van der Waals surface area contributed by atoms with Crippen molar-refractivity contribution in [3.05, 3.63) is 28.6 Å². The number of thiophene rings is 1. The van der Waals surface area contributed by atoms with Crippen LogP contribution in [0.5, 0.6) is 0 Å². The number of nitrogens with one attached hydrogen (secondary N) is 1. The highest BCUT2D eigenvalue weighted by atomic mass is 32.2. The molecule has 0 radical (unpaired) electrons. The summed E-state index contributed by atoms with van der Waals surface area (Å²) in [5.41, 5.74) is 5.51. The van der Waals surface area contributed by atoms with Gasteiger partial charge in [0.1, 0.15) is 0 Å². The highest BCUT2D eigenvalue weighted by molar-refractivity contribution is 8.01. The van der Waals surface area contributed by atoms with Gasteiger partial charge in [-0.05, 0) is 17.9 Å². The van der Waals surface area contributed by atoms with Crippen LogP contribution in [0.15, 0.2) is 27.9 Å². The Morgan fingerprint density at radius 1 is 1.56 bits per heavy atom. The van der Waals surface area contributed by atoms with Gasteiger partial charge in [0.2, 0.25) is 5.91 Å². The average molecular weight is 299 g/mol. The molecule has 2 aromatic heterocycles. The lowest BCUT2D eigenvalue weighted by molar-refractivity contribution is -0.118. The molecule has 0 aromatic carbocycles. The molecule has 96 valence electrons. The Morgan fingerprint density at radius 3 is 3.11 bits per heavy atom. The predicted octanol–water partition coefficient (Wildman–Crippen LogP) is 2.24. The minimum Gasteiger partial charge on any atom is -0.375 e. The number of nitrogens with zero attached hydrogens (tertiary/aromatic N) is 1. The second kappa shape index (κ2) is 6.77. The molecule has 0 fully saturated rings. The molecule has 4 nitrogen and oxygen atoms in total. The monoisotopic (exact) mass is 299 g/mol. The van der Waals surface area contributed by atoms with E-state index in [0.717, 1.165) is 10.6 Å². The lowest BCUT2D eigenvalue weighted by atomic mass is 10.3. The van der Waals surface area contributed by atoms with Gasteiger partial charge in [-0.15, -0.1) is 23.1 Å². The molecule has 3 N–H and O–H groups in total. The molecule has 0 spiro atoms. The molecule has 0 saturated heterocycles. The topological polar surface area (TPSA) is 68.0 Å². The fourth-order valence-corrected chi connectivity index (χ4v) is 3.60. The third-order valence-electron chi connectivity index (χ3n) is 2.12. The van der Waals surface area contributed by atoms with E-state index in [1.807, 2.05) is 11.4 Å². The Bertz CT molecular complexity index is 495. The van der Waals surface area contributed by atoms with Crippen molar-refractivity contribution in [3.63, 3.8) is 0 Å². The summed E-state index contributed by atoms with van der Waals surface area (Å²) in [5.74, 6) is 0.454. The van der Waals surface area contributed by atoms with Crippen LogP contribution in [0, 0.1) is 0 Å². The van der Waals surface area contributed by atoms with Crippen LogP contribution in [-0.4, -0.2) is 23.2 Å². The number of carbonyl (C=O) groups is 1. The second-order valence-corrected chi connectivity index (χ2v) is 6.86. The summed E-state index contributed by atoms with van der Waals surface area (Å²) in [6, 6.07) is 4.09. The van der Waals surface area contributed by atoms with E-state index in [0.29, 0.717) is 17.4 Å². The van der Waals surface area contributed by atoms with Crippen molar-refractivity contribution >= 4 is 45.5 Å². The summed E-state index contributed by atoms with van der Waals surface area (Å²) >= 11 is 4.58. The van der Waals surface area contributed by atoms with Crippen molar-refractivity contribution < 1.29 is 4.79 Å². The van der Waals surface area contributed by atoms with E-state index in [-0.39, 0.29) is 5.91 Å². The fourth-order valence-electron chi connectivity index (χ4n) is 1.31. The van der Waals surface area contributed by atoms with Crippen LogP contribution in [0.2, 0.25) is 0 Å². The number of aromatic nitrogens is 1. The zero-order chi connectivity index (χ0) is 12.8. The lowest BCUT2D eigenvalue weighted by Crippen LogP contribution is -2.27. The van der Waals surface area contributed by atoms with Gasteiger partial charge in [0, 0.05) is 11.4 Å². The molecule has 2 heterocycles. The number of anilines is 1.